The van der Waals surface area contributed by atoms with Crippen LogP contribution >= 0.6 is 0 Å². The highest BCUT2D eigenvalue weighted by Gasteiger charge is 2.20. The van der Waals surface area contributed by atoms with Crippen molar-refractivity contribution in [1.82, 2.24) is 10.3 Å². The standard InChI is InChI=1S/C18H23N3O4S/c1-14(2)25-17-6-4-16(5-7-17)21(26(3,23)24)13-18(22)20-12-15-8-10-19-11-9-15/h4-11,14H,12-13H2,1-3H3,(H,20,22). The zero-order chi connectivity index (χ0) is 19.2. The summed E-state index contributed by atoms with van der Waals surface area (Å²) in [5.74, 6) is 0.245. The lowest BCUT2D eigenvalue weighted by atomic mass is 10.2. The van der Waals surface area contributed by atoms with Gasteiger partial charge >= 0.3 is 0 Å². The van der Waals surface area contributed by atoms with E-state index in [1.54, 1.807) is 48.8 Å². The van der Waals surface area contributed by atoms with E-state index in [-0.39, 0.29) is 12.6 Å². The lowest BCUT2D eigenvalue weighted by Gasteiger charge is -2.22. The number of amides is 1. The first-order valence-electron chi connectivity index (χ1n) is 8.16. The van der Waals surface area contributed by atoms with E-state index >= 15 is 0 Å². The lowest BCUT2D eigenvalue weighted by molar-refractivity contribution is -0.119. The molecule has 8 heteroatoms. The van der Waals surface area contributed by atoms with E-state index in [0.717, 1.165) is 16.1 Å². The maximum Gasteiger partial charge on any atom is 0.241 e. The molecule has 0 fully saturated rings. The van der Waals surface area contributed by atoms with Crippen molar-refractivity contribution in [2.45, 2.75) is 26.5 Å². The molecule has 26 heavy (non-hydrogen) atoms. The molecule has 0 aliphatic rings. The molecule has 7 nitrogen and oxygen atoms in total. The summed E-state index contributed by atoms with van der Waals surface area (Å²) in [4.78, 5) is 16.1. The first-order valence-corrected chi connectivity index (χ1v) is 10.0. The van der Waals surface area contributed by atoms with Crippen molar-refractivity contribution >= 4 is 21.6 Å². The fourth-order valence-electron chi connectivity index (χ4n) is 2.25. The van der Waals surface area contributed by atoms with Gasteiger partial charge < -0.3 is 10.1 Å². The molecular weight excluding hydrogens is 354 g/mol. The van der Waals surface area contributed by atoms with Gasteiger partial charge in [-0.15, -0.1) is 0 Å². The van der Waals surface area contributed by atoms with Crippen LogP contribution in [0.5, 0.6) is 5.75 Å². The molecule has 1 N–H and O–H groups in total. The average molecular weight is 377 g/mol. The third-order valence-electron chi connectivity index (χ3n) is 3.42. The van der Waals surface area contributed by atoms with Crippen molar-refractivity contribution in [1.29, 1.82) is 0 Å². The number of pyridine rings is 1. The Morgan fingerprint density at radius 1 is 1.15 bits per heavy atom. The third-order valence-corrected chi connectivity index (χ3v) is 4.56. The quantitative estimate of drug-likeness (QED) is 0.760. The maximum atomic E-state index is 12.2. The van der Waals surface area contributed by atoms with E-state index in [4.69, 9.17) is 4.74 Å². The Morgan fingerprint density at radius 3 is 2.31 bits per heavy atom. The van der Waals surface area contributed by atoms with Gasteiger partial charge in [0.15, 0.2) is 0 Å². The second-order valence-corrected chi connectivity index (χ2v) is 7.97. The minimum Gasteiger partial charge on any atom is -0.491 e. The van der Waals surface area contributed by atoms with Gasteiger partial charge in [0, 0.05) is 18.9 Å². The Labute approximate surface area is 154 Å². The van der Waals surface area contributed by atoms with E-state index in [1.165, 1.54) is 0 Å². The third kappa shape index (κ3) is 6.03. The highest BCUT2D eigenvalue weighted by molar-refractivity contribution is 7.92. The van der Waals surface area contributed by atoms with Crippen molar-refractivity contribution in [3.8, 4) is 5.75 Å². The molecule has 0 aliphatic heterocycles. The molecule has 0 radical (unpaired) electrons. The number of nitrogens with one attached hydrogen (secondary N) is 1. The van der Waals surface area contributed by atoms with Crippen LogP contribution in [-0.4, -0.2) is 38.2 Å². The van der Waals surface area contributed by atoms with Gasteiger partial charge in [-0.3, -0.25) is 14.1 Å². The fraction of sp³-hybridized carbons (Fsp3) is 0.333. The van der Waals surface area contributed by atoms with Gasteiger partial charge in [-0.1, -0.05) is 0 Å². The Hall–Kier alpha value is -2.61. The van der Waals surface area contributed by atoms with Gasteiger partial charge in [0.1, 0.15) is 12.3 Å². The number of hydrogen-bond acceptors (Lipinski definition) is 5. The second-order valence-electron chi connectivity index (χ2n) is 6.06. The van der Waals surface area contributed by atoms with E-state index in [2.05, 4.69) is 10.3 Å². The molecule has 0 aliphatic carbocycles. The molecule has 0 spiro atoms. The molecule has 0 saturated heterocycles. The molecule has 0 atom stereocenters. The van der Waals surface area contributed by atoms with Crippen LogP contribution in [0.4, 0.5) is 5.69 Å². The summed E-state index contributed by atoms with van der Waals surface area (Å²) < 4.78 is 30.8. The molecule has 0 bridgehead atoms. The van der Waals surface area contributed by atoms with Gasteiger partial charge in [0.2, 0.25) is 15.9 Å². The normalized spacial score (nSPS) is 11.2. The van der Waals surface area contributed by atoms with Crippen LogP contribution in [0.15, 0.2) is 48.8 Å². The van der Waals surface area contributed by atoms with Gasteiger partial charge in [0.25, 0.3) is 0 Å². The highest BCUT2D eigenvalue weighted by atomic mass is 32.2. The van der Waals surface area contributed by atoms with Crippen LogP contribution < -0.4 is 14.4 Å². The number of benzene rings is 1. The minimum atomic E-state index is -3.61. The fourth-order valence-corrected chi connectivity index (χ4v) is 3.11. The lowest BCUT2D eigenvalue weighted by Crippen LogP contribution is -2.40. The molecule has 0 unspecified atom stereocenters. The first kappa shape index (κ1) is 19.7. The summed E-state index contributed by atoms with van der Waals surface area (Å²) in [6.07, 6.45) is 4.35. The van der Waals surface area contributed by atoms with Crippen LogP contribution in [0.25, 0.3) is 0 Å². The van der Waals surface area contributed by atoms with Crippen molar-refractivity contribution < 1.29 is 17.9 Å². The number of aromatic nitrogens is 1. The topological polar surface area (TPSA) is 88.6 Å². The number of hydrogen-bond donors (Lipinski definition) is 1. The Kier molecular flexibility index (Phi) is 6.57. The smallest absolute Gasteiger partial charge is 0.241 e. The number of ether oxygens (including phenoxy) is 1. The molecular formula is C18H23N3O4S. The average Bonchev–Trinajstić information content (AvgIpc) is 2.58. The van der Waals surface area contributed by atoms with Crippen LogP contribution in [-0.2, 0) is 21.4 Å². The number of sulfonamides is 1. The number of carbonyl (C=O) groups is 1. The molecule has 1 amide bonds. The van der Waals surface area contributed by atoms with Crippen molar-refractivity contribution in [2.75, 3.05) is 17.1 Å². The molecule has 1 aromatic carbocycles. The summed E-state index contributed by atoms with van der Waals surface area (Å²) in [6, 6.07) is 10.2. The maximum absolute atomic E-state index is 12.2. The zero-order valence-electron chi connectivity index (χ0n) is 15.0. The minimum absolute atomic E-state index is 0.0193. The zero-order valence-corrected chi connectivity index (χ0v) is 15.9. The summed E-state index contributed by atoms with van der Waals surface area (Å²) in [6.45, 7) is 3.82. The van der Waals surface area contributed by atoms with Crippen molar-refractivity contribution in [2.24, 2.45) is 0 Å². The van der Waals surface area contributed by atoms with Gasteiger partial charge in [-0.25, -0.2) is 8.42 Å². The summed E-state index contributed by atoms with van der Waals surface area (Å²) >= 11 is 0. The predicted octanol–water partition coefficient (Wildman–Crippen LogP) is 1.95. The van der Waals surface area contributed by atoms with E-state index < -0.39 is 15.9 Å². The summed E-state index contributed by atoms with van der Waals surface area (Å²) in [5, 5.41) is 2.71. The molecule has 1 aromatic heterocycles. The predicted molar refractivity (Wildman–Crippen MR) is 100 cm³/mol. The van der Waals surface area contributed by atoms with Gasteiger partial charge in [-0.05, 0) is 55.8 Å². The van der Waals surface area contributed by atoms with Crippen LogP contribution in [0.3, 0.4) is 0 Å². The highest BCUT2D eigenvalue weighted by Crippen LogP contribution is 2.22. The summed E-state index contributed by atoms with van der Waals surface area (Å²) in [5.41, 5.74) is 1.29. The first-order chi connectivity index (χ1) is 12.3. The van der Waals surface area contributed by atoms with E-state index in [0.29, 0.717) is 18.0 Å². The molecule has 2 aromatic rings. The Morgan fingerprint density at radius 2 is 1.77 bits per heavy atom. The SMILES string of the molecule is CC(C)Oc1ccc(N(CC(=O)NCc2ccncc2)S(C)(=O)=O)cc1. The molecule has 0 saturated carbocycles. The molecule has 2 rings (SSSR count). The van der Waals surface area contributed by atoms with Gasteiger partial charge in [-0.2, -0.15) is 0 Å². The van der Waals surface area contributed by atoms with E-state index in [9.17, 15) is 13.2 Å². The van der Waals surface area contributed by atoms with Crippen LogP contribution in [0, 0.1) is 0 Å². The number of anilines is 1. The van der Waals surface area contributed by atoms with Crippen LogP contribution in [0.1, 0.15) is 19.4 Å². The van der Waals surface area contributed by atoms with Crippen molar-refractivity contribution in [3.05, 3.63) is 54.4 Å². The van der Waals surface area contributed by atoms with Crippen LogP contribution in [0.2, 0.25) is 0 Å². The number of carbonyl (C=O) groups excluding carboxylic acids is 1. The molecule has 1 heterocycles. The molecule has 140 valence electrons. The van der Waals surface area contributed by atoms with Gasteiger partial charge in [0.05, 0.1) is 18.0 Å². The van der Waals surface area contributed by atoms with E-state index in [1.807, 2.05) is 13.8 Å². The number of rotatable bonds is 8. The van der Waals surface area contributed by atoms with Crippen molar-refractivity contribution in [3.63, 3.8) is 0 Å². The number of nitrogens with zero attached hydrogens (tertiary/aromatic N) is 2. The largest absolute Gasteiger partial charge is 0.491 e. The monoisotopic (exact) mass is 377 g/mol. The Balaban J connectivity index is 2.06. The second kappa shape index (κ2) is 8.66. The summed E-state index contributed by atoms with van der Waals surface area (Å²) in [7, 11) is -3.61. The Bertz CT molecular complexity index is 821.